The molecule has 3 heterocycles. The molecule has 7 heteroatoms. The molecule has 24 heavy (non-hydrogen) atoms. The fourth-order valence-corrected chi connectivity index (χ4v) is 2.08. The highest BCUT2D eigenvalue weighted by Gasteiger charge is 2.14. The zero-order valence-corrected chi connectivity index (χ0v) is 13.5. The van der Waals surface area contributed by atoms with Gasteiger partial charge in [0.25, 0.3) is 0 Å². The van der Waals surface area contributed by atoms with Crippen LogP contribution in [0.3, 0.4) is 0 Å². The Balaban J connectivity index is 0.000000508. The second-order valence-electron chi connectivity index (χ2n) is 5.28. The van der Waals surface area contributed by atoms with Gasteiger partial charge in [-0.05, 0) is 31.2 Å². The van der Waals surface area contributed by atoms with Crippen LogP contribution in [0.25, 0.3) is 22.3 Å². The molecule has 0 bridgehead atoms. The number of ether oxygens (including phenoxy) is 1. The van der Waals surface area contributed by atoms with Gasteiger partial charge in [-0.2, -0.15) is 5.10 Å². The lowest BCUT2D eigenvalue weighted by Crippen LogP contribution is -1.97. The third kappa shape index (κ3) is 3.68. The van der Waals surface area contributed by atoms with Gasteiger partial charge in [0.05, 0.1) is 17.9 Å². The van der Waals surface area contributed by atoms with E-state index in [0.29, 0.717) is 30.4 Å². The predicted octanol–water partition coefficient (Wildman–Crippen LogP) is 3.16. The van der Waals surface area contributed by atoms with E-state index in [2.05, 4.69) is 25.5 Å². The lowest BCUT2D eigenvalue weighted by Gasteiger charge is -2.07. The quantitative estimate of drug-likeness (QED) is 0.703. The van der Waals surface area contributed by atoms with E-state index in [4.69, 9.17) is 4.74 Å². The molecule has 3 aromatic heterocycles. The highest BCUT2D eigenvalue weighted by Crippen LogP contribution is 2.31. The minimum Gasteiger partial charge on any atom is -0.477 e. The topological polar surface area (TPSA) is 92.8 Å². The number of fused-ring (bicyclic) bond motifs is 1. The Kier molecular flexibility index (Phi) is 5.00. The molecule has 1 aliphatic carbocycles. The number of pyridine rings is 2. The first kappa shape index (κ1) is 15.9. The Morgan fingerprint density at radius 3 is 2.83 bits per heavy atom. The van der Waals surface area contributed by atoms with Gasteiger partial charge in [0.2, 0.25) is 12.3 Å². The van der Waals surface area contributed by atoms with Gasteiger partial charge in [0, 0.05) is 11.6 Å². The van der Waals surface area contributed by atoms with Gasteiger partial charge in [0.15, 0.2) is 5.65 Å². The molecule has 7 nitrogen and oxygen atoms in total. The van der Waals surface area contributed by atoms with Crippen LogP contribution in [0.5, 0.6) is 5.88 Å². The number of carbonyl (C=O) groups is 1. The summed E-state index contributed by atoms with van der Waals surface area (Å²) in [6.07, 6.45) is 6.76. The maximum absolute atomic E-state index is 10.4. The number of anilines is 1. The molecule has 1 fully saturated rings. The fraction of sp³-hybridized carbons (Fsp3) is 0.294. The highest BCUT2D eigenvalue weighted by atomic mass is 16.5. The van der Waals surface area contributed by atoms with Crippen molar-refractivity contribution in [2.24, 2.45) is 0 Å². The Morgan fingerprint density at radius 1 is 1.29 bits per heavy atom. The molecular formula is C17H19N5O2. The summed E-state index contributed by atoms with van der Waals surface area (Å²) in [7, 11) is 0. The maximum atomic E-state index is 10.4. The van der Waals surface area contributed by atoms with E-state index in [1.807, 2.05) is 25.1 Å². The molecule has 124 valence electrons. The number of hydrogen-bond donors (Lipinski definition) is 2. The Labute approximate surface area is 139 Å². The SMILES string of the molecule is C1CC1.CCOc1ncccc1-c1[nH]nc2nc(NC=O)ccc12. The fourth-order valence-electron chi connectivity index (χ4n) is 2.08. The number of aromatic nitrogens is 4. The molecule has 3 aromatic rings. The molecule has 1 aliphatic rings. The Morgan fingerprint density at radius 2 is 2.12 bits per heavy atom. The highest BCUT2D eigenvalue weighted by molar-refractivity contribution is 5.93. The van der Waals surface area contributed by atoms with E-state index in [-0.39, 0.29) is 0 Å². The smallest absolute Gasteiger partial charge is 0.222 e. The van der Waals surface area contributed by atoms with Crippen LogP contribution in [-0.2, 0) is 4.79 Å². The third-order valence-corrected chi connectivity index (χ3v) is 3.30. The van der Waals surface area contributed by atoms with Crippen molar-refractivity contribution in [2.75, 3.05) is 11.9 Å². The molecule has 0 radical (unpaired) electrons. The summed E-state index contributed by atoms with van der Waals surface area (Å²) >= 11 is 0. The Hall–Kier alpha value is -2.96. The number of amides is 1. The Bertz CT molecular complexity index is 826. The molecule has 2 N–H and O–H groups in total. The van der Waals surface area contributed by atoms with Gasteiger partial charge in [-0.3, -0.25) is 9.89 Å². The maximum Gasteiger partial charge on any atom is 0.222 e. The number of carbonyl (C=O) groups excluding carboxylic acids is 1. The first-order chi connectivity index (χ1) is 11.8. The predicted molar refractivity (Wildman–Crippen MR) is 91.8 cm³/mol. The normalized spacial score (nSPS) is 12.2. The largest absolute Gasteiger partial charge is 0.477 e. The van der Waals surface area contributed by atoms with Crippen LogP contribution in [0.2, 0.25) is 0 Å². The standard InChI is InChI=1S/C14H13N5O2.C3H6/c1-2-21-14-10(4-3-7-15-14)12-9-5-6-11(16-8-20)17-13(9)19-18-12;1-2-3-1/h3-8H,2H2,1H3,(H2,16,17,18,19,20);1-3H2. The van der Waals surface area contributed by atoms with Gasteiger partial charge in [-0.15, -0.1) is 0 Å². The number of nitrogens with zero attached hydrogens (tertiary/aromatic N) is 3. The van der Waals surface area contributed by atoms with Crippen molar-refractivity contribution in [1.82, 2.24) is 20.2 Å². The molecular weight excluding hydrogens is 306 g/mol. The average Bonchev–Trinajstić information content (AvgIpc) is 3.43. The van der Waals surface area contributed by atoms with Crippen LogP contribution < -0.4 is 10.1 Å². The van der Waals surface area contributed by atoms with E-state index in [1.165, 1.54) is 19.3 Å². The zero-order valence-electron chi connectivity index (χ0n) is 13.5. The minimum atomic E-state index is 0.451. The van der Waals surface area contributed by atoms with Crippen LogP contribution in [-0.4, -0.2) is 33.2 Å². The number of aromatic amines is 1. The van der Waals surface area contributed by atoms with Crippen LogP contribution in [0.15, 0.2) is 30.5 Å². The lowest BCUT2D eigenvalue weighted by molar-refractivity contribution is -0.105. The summed E-state index contributed by atoms with van der Waals surface area (Å²) in [4.78, 5) is 18.9. The van der Waals surface area contributed by atoms with Crippen molar-refractivity contribution < 1.29 is 9.53 Å². The van der Waals surface area contributed by atoms with E-state index < -0.39 is 0 Å². The third-order valence-electron chi connectivity index (χ3n) is 3.30. The van der Waals surface area contributed by atoms with Crippen molar-refractivity contribution in [2.45, 2.75) is 26.2 Å². The van der Waals surface area contributed by atoms with Crippen LogP contribution in [0, 0.1) is 0 Å². The lowest BCUT2D eigenvalue weighted by atomic mass is 10.1. The van der Waals surface area contributed by atoms with Crippen molar-refractivity contribution >= 4 is 23.3 Å². The number of rotatable bonds is 5. The molecule has 1 saturated carbocycles. The second kappa shape index (κ2) is 7.54. The molecule has 0 aromatic carbocycles. The summed E-state index contributed by atoms with van der Waals surface area (Å²) in [5.41, 5.74) is 2.12. The first-order valence-electron chi connectivity index (χ1n) is 7.97. The summed E-state index contributed by atoms with van der Waals surface area (Å²) < 4.78 is 5.53. The summed E-state index contributed by atoms with van der Waals surface area (Å²) in [6, 6.07) is 7.30. The first-order valence-corrected chi connectivity index (χ1v) is 7.97. The van der Waals surface area contributed by atoms with Gasteiger partial charge >= 0.3 is 0 Å². The minimum absolute atomic E-state index is 0.451. The molecule has 0 saturated heterocycles. The summed E-state index contributed by atoms with van der Waals surface area (Å²) in [6.45, 7) is 2.43. The molecule has 1 amide bonds. The van der Waals surface area contributed by atoms with E-state index in [0.717, 1.165) is 16.6 Å². The van der Waals surface area contributed by atoms with Crippen molar-refractivity contribution in [3.63, 3.8) is 0 Å². The monoisotopic (exact) mass is 325 g/mol. The van der Waals surface area contributed by atoms with Crippen molar-refractivity contribution in [3.8, 4) is 17.1 Å². The number of nitrogens with one attached hydrogen (secondary N) is 2. The van der Waals surface area contributed by atoms with Crippen molar-refractivity contribution in [3.05, 3.63) is 30.5 Å². The number of H-pyrrole nitrogens is 1. The van der Waals surface area contributed by atoms with Crippen LogP contribution >= 0.6 is 0 Å². The van der Waals surface area contributed by atoms with Gasteiger partial charge in [-0.1, -0.05) is 19.3 Å². The van der Waals surface area contributed by atoms with Crippen LogP contribution in [0.1, 0.15) is 26.2 Å². The molecule has 0 spiro atoms. The average molecular weight is 325 g/mol. The molecule has 0 aliphatic heterocycles. The van der Waals surface area contributed by atoms with E-state index >= 15 is 0 Å². The number of hydrogen-bond acceptors (Lipinski definition) is 5. The van der Waals surface area contributed by atoms with Gasteiger partial charge in [0.1, 0.15) is 5.82 Å². The zero-order chi connectivity index (χ0) is 16.8. The van der Waals surface area contributed by atoms with Gasteiger partial charge in [-0.25, -0.2) is 9.97 Å². The summed E-state index contributed by atoms with van der Waals surface area (Å²) in [5.74, 6) is 0.993. The van der Waals surface area contributed by atoms with Crippen LogP contribution in [0.4, 0.5) is 5.82 Å². The van der Waals surface area contributed by atoms with E-state index in [9.17, 15) is 4.79 Å². The molecule has 0 unspecified atom stereocenters. The molecule has 4 rings (SSSR count). The van der Waals surface area contributed by atoms with Gasteiger partial charge < -0.3 is 10.1 Å². The summed E-state index contributed by atoms with van der Waals surface area (Å²) in [5, 5.41) is 10.4. The molecule has 0 atom stereocenters. The second-order valence-corrected chi connectivity index (χ2v) is 5.28. The van der Waals surface area contributed by atoms with E-state index in [1.54, 1.807) is 12.3 Å². The van der Waals surface area contributed by atoms with Crippen molar-refractivity contribution in [1.29, 1.82) is 0 Å².